The topological polar surface area (TPSA) is 53.4 Å². The summed E-state index contributed by atoms with van der Waals surface area (Å²) in [5.41, 5.74) is 3.39. The lowest BCUT2D eigenvalue weighted by Crippen LogP contribution is -2.39. The Bertz CT molecular complexity index is 886. The Hall–Kier alpha value is -2.24. The fourth-order valence-electron chi connectivity index (χ4n) is 3.78. The Balaban J connectivity index is 1.81. The lowest BCUT2D eigenvalue weighted by atomic mass is 10.0. The Kier molecular flexibility index (Phi) is 4.74. The van der Waals surface area contributed by atoms with E-state index in [0.717, 1.165) is 40.2 Å². The predicted octanol–water partition coefficient (Wildman–Crippen LogP) is 4.50. The smallest absolute Gasteiger partial charge is 0.320 e. The molecule has 1 aliphatic rings. The average molecular weight is 366 g/mol. The van der Waals surface area contributed by atoms with Gasteiger partial charge in [-0.25, -0.2) is 4.98 Å². The van der Waals surface area contributed by atoms with Gasteiger partial charge < -0.3 is 5.11 Å². The van der Waals surface area contributed by atoms with E-state index in [-0.39, 0.29) is 6.04 Å². The van der Waals surface area contributed by atoms with Crippen LogP contribution in [0.3, 0.4) is 0 Å². The summed E-state index contributed by atoms with van der Waals surface area (Å²) in [5.74, 6) is -0.737. The van der Waals surface area contributed by atoms with Crippen LogP contribution in [0.2, 0.25) is 0 Å². The third-order valence-corrected chi connectivity index (χ3v) is 6.25. The Morgan fingerprint density at radius 2 is 2.04 bits per heavy atom. The summed E-state index contributed by atoms with van der Waals surface area (Å²) < 4.78 is 1.14. The first-order valence-electron chi connectivity index (χ1n) is 9.10. The van der Waals surface area contributed by atoms with Crippen molar-refractivity contribution in [2.24, 2.45) is 0 Å². The van der Waals surface area contributed by atoms with Crippen molar-refractivity contribution in [3.05, 3.63) is 64.7 Å². The van der Waals surface area contributed by atoms with Crippen LogP contribution in [-0.2, 0) is 11.2 Å². The standard InChI is InChI=1S/C21H22N2O2S/c1-2-14-9-11-15(12-10-14)19(23-13-5-7-17(23)21(24)25)20-22-16-6-3-4-8-18(16)26-20/h3-4,6,8-12,17,19H,2,5,7,13H2,1H3,(H,24,25). The van der Waals surface area contributed by atoms with Gasteiger partial charge in [-0.1, -0.05) is 43.3 Å². The number of hydrogen-bond donors (Lipinski definition) is 1. The maximum Gasteiger partial charge on any atom is 0.320 e. The van der Waals surface area contributed by atoms with E-state index in [9.17, 15) is 9.90 Å². The SMILES string of the molecule is CCc1ccc(C(c2nc3ccccc3s2)N2CCCC2C(=O)O)cc1. The summed E-state index contributed by atoms with van der Waals surface area (Å²) in [5, 5.41) is 10.7. The van der Waals surface area contributed by atoms with E-state index >= 15 is 0 Å². The highest BCUT2D eigenvalue weighted by Gasteiger charge is 2.38. The minimum atomic E-state index is -0.737. The third-order valence-electron chi connectivity index (χ3n) is 5.16. The molecule has 0 saturated carbocycles. The van der Waals surface area contributed by atoms with Crippen molar-refractivity contribution in [3.8, 4) is 0 Å². The monoisotopic (exact) mass is 366 g/mol. The molecule has 0 radical (unpaired) electrons. The first-order valence-corrected chi connectivity index (χ1v) is 9.92. The quantitative estimate of drug-likeness (QED) is 0.722. The van der Waals surface area contributed by atoms with Crippen molar-refractivity contribution in [2.75, 3.05) is 6.54 Å². The summed E-state index contributed by atoms with van der Waals surface area (Å²) in [6.45, 7) is 2.92. The number of hydrogen-bond acceptors (Lipinski definition) is 4. The number of benzene rings is 2. The van der Waals surface area contributed by atoms with Crippen molar-refractivity contribution >= 4 is 27.5 Å². The molecule has 3 aromatic rings. The zero-order chi connectivity index (χ0) is 18.1. The van der Waals surface area contributed by atoms with E-state index in [1.165, 1.54) is 5.56 Å². The second-order valence-electron chi connectivity index (χ2n) is 6.75. The zero-order valence-corrected chi connectivity index (χ0v) is 15.6. The number of aliphatic carboxylic acids is 1. The van der Waals surface area contributed by atoms with Gasteiger partial charge in [-0.05, 0) is 42.5 Å². The van der Waals surface area contributed by atoms with Crippen molar-refractivity contribution < 1.29 is 9.90 Å². The van der Waals surface area contributed by atoms with Gasteiger partial charge in [0.05, 0.1) is 16.3 Å². The molecule has 0 spiro atoms. The van der Waals surface area contributed by atoms with E-state index in [1.54, 1.807) is 11.3 Å². The number of rotatable bonds is 5. The molecule has 2 aromatic carbocycles. The second-order valence-corrected chi connectivity index (χ2v) is 7.81. The Morgan fingerprint density at radius 3 is 2.73 bits per heavy atom. The Labute approximate surface area is 157 Å². The van der Waals surface area contributed by atoms with Gasteiger partial charge in [0.1, 0.15) is 11.0 Å². The number of aromatic nitrogens is 1. The molecule has 0 aliphatic carbocycles. The highest BCUT2D eigenvalue weighted by molar-refractivity contribution is 7.18. The molecular weight excluding hydrogens is 344 g/mol. The van der Waals surface area contributed by atoms with E-state index in [0.29, 0.717) is 6.42 Å². The minimum Gasteiger partial charge on any atom is -0.480 e. The lowest BCUT2D eigenvalue weighted by Gasteiger charge is -2.30. The van der Waals surface area contributed by atoms with E-state index in [1.807, 2.05) is 18.2 Å². The van der Waals surface area contributed by atoms with E-state index < -0.39 is 12.0 Å². The van der Waals surface area contributed by atoms with Gasteiger partial charge in [0.2, 0.25) is 0 Å². The first-order chi connectivity index (χ1) is 12.7. The summed E-state index contributed by atoms with van der Waals surface area (Å²) in [7, 11) is 0. The summed E-state index contributed by atoms with van der Waals surface area (Å²) in [4.78, 5) is 18.8. The number of fused-ring (bicyclic) bond motifs is 1. The van der Waals surface area contributed by atoms with Crippen LogP contribution in [0, 0.1) is 0 Å². The fraction of sp³-hybridized carbons (Fsp3) is 0.333. The molecule has 1 fully saturated rings. The maximum atomic E-state index is 11.8. The molecule has 5 heteroatoms. The van der Waals surface area contributed by atoms with Gasteiger partial charge in [-0.15, -0.1) is 11.3 Å². The number of carboxylic acid groups (broad SMARTS) is 1. The molecule has 4 rings (SSSR count). The van der Waals surface area contributed by atoms with Crippen LogP contribution in [-0.4, -0.2) is 33.5 Å². The number of carboxylic acids is 1. The number of nitrogens with zero attached hydrogens (tertiary/aromatic N) is 2. The van der Waals surface area contributed by atoms with Gasteiger partial charge in [0, 0.05) is 6.54 Å². The molecule has 2 atom stereocenters. The van der Waals surface area contributed by atoms with Gasteiger partial charge in [0.25, 0.3) is 0 Å². The normalized spacial score (nSPS) is 19.0. The van der Waals surface area contributed by atoms with Crippen molar-refractivity contribution in [3.63, 3.8) is 0 Å². The van der Waals surface area contributed by atoms with Crippen LogP contribution in [0.25, 0.3) is 10.2 Å². The molecule has 1 aromatic heterocycles. The predicted molar refractivity (Wildman–Crippen MR) is 105 cm³/mol. The first kappa shape index (κ1) is 17.2. The van der Waals surface area contributed by atoms with Gasteiger partial charge in [-0.2, -0.15) is 0 Å². The van der Waals surface area contributed by atoms with Crippen LogP contribution in [0.1, 0.15) is 41.9 Å². The van der Waals surface area contributed by atoms with Gasteiger partial charge >= 0.3 is 5.97 Å². The van der Waals surface area contributed by atoms with Gasteiger partial charge in [-0.3, -0.25) is 9.69 Å². The van der Waals surface area contributed by atoms with E-state index in [2.05, 4.69) is 42.2 Å². The highest BCUT2D eigenvalue weighted by atomic mass is 32.1. The molecule has 134 valence electrons. The van der Waals surface area contributed by atoms with Crippen molar-refractivity contribution in [1.82, 2.24) is 9.88 Å². The molecule has 2 heterocycles. The average Bonchev–Trinajstić information content (AvgIpc) is 3.29. The van der Waals surface area contributed by atoms with Crippen molar-refractivity contribution in [2.45, 2.75) is 38.3 Å². The molecule has 0 bridgehead atoms. The van der Waals surface area contributed by atoms with Gasteiger partial charge in [0.15, 0.2) is 0 Å². The molecular formula is C21H22N2O2S. The largest absolute Gasteiger partial charge is 0.480 e. The van der Waals surface area contributed by atoms with Crippen LogP contribution < -0.4 is 0 Å². The number of carbonyl (C=O) groups is 1. The highest BCUT2D eigenvalue weighted by Crippen LogP contribution is 2.38. The zero-order valence-electron chi connectivity index (χ0n) is 14.8. The molecule has 2 unspecified atom stereocenters. The molecule has 1 aliphatic heterocycles. The third kappa shape index (κ3) is 3.13. The van der Waals surface area contributed by atoms with E-state index in [4.69, 9.17) is 4.98 Å². The molecule has 0 amide bonds. The molecule has 1 saturated heterocycles. The fourth-order valence-corrected chi connectivity index (χ4v) is 4.90. The van der Waals surface area contributed by atoms with Crippen LogP contribution in [0.15, 0.2) is 48.5 Å². The molecule has 26 heavy (non-hydrogen) atoms. The molecule has 4 nitrogen and oxygen atoms in total. The summed E-state index contributed by atoms with van der Waals surface area (Å²) in [6, 6.07) is 16.1. The van der Waals surface area contributed by atoms with Crippen molar-refractivity contribution in [1.29, 1.82) is 0 Å². The summed E-state index contributed by atoms with van der Waals surface area (Å²) in [6.07, 6.45) is 2.60. The Morgan fingerprint density at radius 1 is 1.27 bits per heavy atom. The minimum absolute atomic E-state index is 0.109. The number of para-hydroxylation sites is 1. The summed E-state index contributed by atoms with van der Waals surface area (Å²) >= 11 is 1.67. The van der Waals surface area contributed by atoms with Crippen LogP contribution >= 0.6 is 11.3 Å². The lowest BCUT2D eigenvalue weighted by molar-refractivity contribution is -0.142. The second kappa shape index (κ2) is 7.17. The van der Waals surface area contributed by atoms with Crippen LogP contribution in [0.5, 0.6) is 0 Å². The maximum absolute atomic E-state index is 11.8. The molecule has 1 N–H and O–H groups in total. The number of likely N-dealkylation sites (tertiary alicyclic amines) is 1. The number of aryl methyl sites for hydroxylation is 1. The number of thiazole rings is 1. The van der Waals surface area contributed by atoms with Crippen LogP contribution in [0.4, 0.5) is 0 Å².